The Labute approximate surface area is 227 Å². The lowest BCUT2D eigenvalue weighted by Crippen LogP contribution is -2.40. The van der Waals surface area contributed by atoms with Gasteiger partial charge in [0.05, 0.1) is 23.4 Å². The standard InChI is InChI=1S/C28H35FN6O2S/c1-27(29)8-12-35(13-9-27)25-20(19-30)2-5-24(31-25)32-26(37)22-4-3-21(33-38-17-16-36)18-23(22)34-14-10-28(6-7-28)11-15-34/h2-5,18,33,36H,6-17H2,1H3,(H,31,32,37). The number of halogens is 1. The summed E-state index contributed by atoms with van der Waals surface area (Å²) in [5.41, 5.74) is 2.03. The Morgan fingerprint density at radius 3 is 2.47 bits per heavy atom. The van der Waals surface area contributed by atoms with Gasteiger partial charge in [-0.15, -0.1) is 0 Å². The van der Waals surface area contributed by atoms with Crippen molar-refractivity contribution in [1.29, 1.82) is 5.26 Å². The molecule has 1 aromatic heterocycles. The van der Waals surface area contributed by atoms with E-state index < -0.39 is 5.67 Å². The molecule has 1 aromatic carbocycles. The number of carbonyl (C=O) groups excluding carboxylic acids is 1. The third-order valence-electron chi connectivity index (χ3n) is 8.09. The van der Waals surface area contributed by atoms with Crippen molar-refractivity contribution in [1.82, 2.24) is 4.98 Å². The van der Waals surface area contributed by atoms with Crippen molar-refractivity contribution in [2.45, 2.75) is 51.1 Å². The Morgan fingerprint density at radius 1 is 1.11 bits per heavy atom. The van der Waals surface area contributed by atoms with Crippen LogP contribution in [0.15, 0.2) is 30.3 Å². The Balaban J connectivity index is 1.36. The van der Waals surface area contributed by atoms with Crippen molar-refractivity contribution in [3.63, 3.8) is 0 Å². The van der Waals surface area contributed by atoms with E-state index in [9.17, 15) is 14.4 Å². The Morgan fingerprint density at radius 2 is 1.82 bits per heavy atom. The third-order valence-corrected chi connectivity index (χ3v) is 8.86. The molecular formula is C28H35FN6O2S. The molecule has 0 unspecified atom stereocenters. The van der Waals surface area contributed by atoms with E-state index in [0.717, 1.165) is 37.3 Å². The summed E-state index contributed by atoms with van der Waals surface area (Å²) >= 11 is 1.42. The molecule has 3 N–H and O–H groups in total. The van der Waals surface area contributed by atoms with Gasteiger partial charge >= 0.3 is 0 Å². The molecule has 8 nitrogen and oxygen atoms in total. The predicted molar refractivity (Wildman–Crippen MR) is 151 cm³/mol. The van der Waals surface area contributed by atoms with E-state index in [1.807, 2.05) is 23.1 Å². The second-order valence-corrected chi connectivity index (χ2v) is 11.8. The number of alkyl halides is 1. The number of pyridine rings is 1. The van der Waals surface area contributed by atoms with Crippen molar-refractivity contribution in [2.75, 3.05) is 58.4 Å². The number of benzene rings is 1. The van der Waals surface area contributed by atoms with Gasteiger partial charge in [0.15, 0.2) is 0 Å². The lowest BCUT2D eigenvalue weighted by atomic mass is 9.93. The van der Waals surface area contributed by atoms with Gasteiger partial charge in [0.1, 0.15) is 23.4 Å². The number of aliphatic hydroxyl groups is 1. The van der Waals surface area contributed by atoms with Gasteiger partial charge in [-0.1, -0.05) is 11.9 Å². The lowest BCUT2D eigenvalue weighted by Gasteiger charge is -2.35. The van der Waals surface area contributed by atoms with Gasteiger partial charge in [-0.3, -0.25) is 4.79 Å². The molecule has 0 radical (unpaired) electrons. The van der Waals surface area contributed by atoms with Crippen LogP contribution in [0.1, 0.15) is 61.4 Å². The normalized spacial score (nSPS) is 19.6. The van der Waals surface area contributed by atoms with Crippen LogP contribution in [0.2, 0.25) is 0 Å². The fourth-order valence-corrected chi connectivity index (χ4v) is 5.83. The first-order valence-electron chi connectivity index (χ1n) is 13.4. The summed E-state index contributed by atoms with van der Waals surface area (Å²) in [6, 6.07) is 11.2. The summed E-state index contributed by atoms with van der Waals surface area (Å²) < 4.78 is 17.6. The number of rotatable bonds is 8. The van der Waals surface area contributed by atoms with Gasteiger partial charge in [-0.2, -0.15) is 5.26 Å². The van der Waals surface area contributed by atoms with Crippen molar-refractivity contribution in [3.05, 3.63) is 41.5 Å². The van der Waals surface area contributed by atoms with Gasteiger partial charge in [0.2, 0.25) is 0 Å². The number of carbonyl (C=O) groups is 1. The number of hydrogen-bond acceptors (Lipinski definition) is 8. The molecule has 1 spiro atoms. The average molecular weight is 539 g/mol. The number of amides is 1. The quantitative estimate of drug-likeness (QED) is 0.320. The summed E-state index contributed by atoms with van der Waals surface area (Å²) in [5, 5.41) is 21.7. The second kappa shape index (κ2) is 11.0. The van der Waals surface area contributed by atoms with Gasteiger partial charge in [-0.05, 0) is 81.2 Å². The Kier molecular flexibility index (Phi) is 7.68. The van der Waals surface area contributed by atoms with Crippen LogP contribution >= 0.6 is 11.9 Å². The molecule has 2 saturated heterocycles. The van der Waals surface area contributed by atoms with Crippen molar-refractivity contribution < 1.29 is 14.3 Å². The summed E-state index contributed by atoms with van der Waals surface area (Å²) in [4.78, 5) is 22.4. The van der Waals surface area contributed by atoms with Gasteiger partial charge in [-0.25, -0.2) is 9.37 Å². The van der Waals surface area contributed by atoms with Crippen LogP contribution in [-0.2, 0) is 0 Å². The fraction of sp³-hybridized carbons (Fsp3) is 0.536. The van der Waals surface area contributed by atoms with Crippen LogP contribution in [0.25, 0.3) is 0 Å². The fourth-order valence-electron chi connectivity index (χ4n) is 5.34. The molecule has 1 amide bonds. The third kappa shape index (κ3) is 6.00. The van der Waals surface area contributed by atoms with Crippen LogP contribution in [-0.4, -0.2) is 60.2 Å². The Hall–Kier alpha value is -3.03. The number of aliphatic hydroxyl groups excluding tert-OH is 1. The first kappa shape index (κ1) is 26.6. The number of aromatic nitrogens is 1. The molecular weight excluding hydrogens is 503 g/mol. The summed E-state index contributed by atoms with van der Waals surface area (Å²) in [7, 11) is 0. The number of anilines is 4. The number of piperidine rings is 2. The SMILES string of the molecule is CC1(F)CCN(c2nc(NC(=O)c3ccc(NSCCO)cc3N3CCC4(CC3)CC4)ccc2C#N)CC1. The average Bonchev–Trinajstić information content (AvgIpc) is 3.67. The molecule has 38 heavy (non-hydrogen) atoms. The van der Waals surface area contributed by atoms with Crippen LogP contribution in [0.4, 0.5) is 27.4 Å². The van der Waals surface area contributed by atoms with E-state index >= 15 is 0 Å². The van der Waals surface area contributed by atoms with E-state index in [2.05, 4.69) is 26.0 Å². The second-order valence-electron chi connectivity index (χ2n) is 10.9. The summed E-state index contributed by atoms with van der Waals surface area (Å²) in [5.74, 6) is 1.14. The summed E-state index contributed by atoms with van der Waals surface area (Å²) in [6.45, 7) is 4.45. The van der Waals surface area contributed by atoms with Crippen molar-refractivity contribution in [2.24, 2.45) is 5.41 Å². The minimum atomic E-state index is -1.21. The molecule has 10 heteroatoms. The lowest BCUT2D eigenvalue weighted by molar-refractivity contribution is 0.102. The molecule has 1 saturated carbocycles. The predicted octanol–water partition coefficient (Wildman–Crippen LogP) is 4.97. The summed E-state index contributed by atoms with van der Waals surface area (Å²) in [6.07, 6.45) is 5.63. The Bertz CT molecular complexity index is 1210. The van der Waals surface area contributed by atoms with E-state index in [-0.39, 0.29) is 12.5 Å². The molecule has 1 aliphatic carbocycles. The number of hydrogen-bond donors (Lipinski definition) is 3. The maximum Gasteiger partial charge on any atom is 0.258 e. The molecule has 3 fully saturated rings. The highest BCUT2D eigenvalue weighted by atomic mass is 32.2. The first-order chi connectivity index (χ1) is 18.3. The van der Waals surface area contributed by atoms with Crippen molar-refractivity contribution >= 4 is 40.9 Å². The van der Waals surface area contributed by atoms with E-state index in [4.69, 9.17) is 5.11 Å². The van der Waals surface area contributed by atoms with Gasteiger partial charge in [0, 0.05) is 37.6 Å². The highest BCUT2D eigenvalue weighted by Gasteiger charge is 2.44. The van der Waals surface area contributed by atoms with Gasteiger partial charge in [0.25, 0.3) is 5.91 Å². The molecule has 3 heterocycles. The van der Waals surface area contributed by atoms with Gasteiger partial charge < -0.3 is 24.9 Å². The molecule has 2 aliphatic heterocycles. The monoisotopic (exact) mass is 538 g/mol. The van der Waals surface area contributed by atoms with Crippen LogP contribution < -0.4 is 19.8 Å². The zero-order chi connectivity index (χ0) is 26.8. The maximum atomic E-state index is 14.3. The highest BCUT2D eigenvalue weighted by molar-refractivity contribution is 8.00. The number of nitrogens with zero attached hydrogens (tertiary/aromatic N) is 4. The van der Waals surface area contributed by atoms with Crippen LogP contribution in [0.5, 0.6) is 0 Å². The van der Waals surface area contributed by atoms with Crippen LogP contribution in [0.3, 0.4) is 0 Å². The minimum Gasteiger partial charge on any atom is -0.395 e. The zero-order valence-electron chi connectivity index (χ0n) is 21.8. The molecule has 0 bridgehead atoms. The topological polar surface area (TPSA) is 105 Å². The molecule has 5 rings (SSSR count). The number of nitrogens with one attached hydrogen (secondary N) is 2. The zero-order valence-corrected chi connectivity index (χ0v) is 22.6. The maximum absolute atomic E-state index is 14.3. The van der Waals surface area contributed by atoms with Crippen LogP contribution in [0, 0.1) is 16.7 Å². The first-order valence-corrected chi connectivity index (χ1v) is 14.3. The molecule has 202 valence electrons. The molecule has 2 aromatic rings. The molecule has 3 aliphatic rings. The van der Waals surface area contributed by atoms with E-state index in [1.165, 1.54) is 24.8 Å². The largest absolute Gasteiger partial charge is 0.395 e. The smallest absolute Gasteiger partial charge is 0.258 e. The van der Waals surface area contributed by atoms with Crippen molar-refractivity contribution in [3.8, 4) is 6.07 Å². The van der Waals surface area contributed by atoms with E-state index in [1.54, 1.807) is 19.1 Å². The van der Waals surface area contributed by atoms with E-state index in [0.29, 0.717) is 59.9 Å². The molecule has 0 atom stereocenters. The number of nitriles is 1. The minimum absolute atomic E-state index is 0.0866. The highest BCUT2D eigenvalue weighted by Crippen LogP contribution is 2.54.